The van der Waals surface area contributed by atoms with E-state index in [4.69, 9.17) is 0 Å². The maximum absolute atomic E-state index is 12.2. The molecule has 0 spiro atoms. The van der Waals surface area contributed by atoms with E-state index in [2.05, 4.69) is 5.31 Å². The molecule has 1 rings (SSSR count). The molecule has 0 saturated heterocycles. The number of halogens is 1. The van der Waals surface area contributed by atoms with E-state index in [9.17, 15) is 4.39 Å². The van der Waals surface area contributed by atoms with Gasteiger partial charge in [-0.1, -0.05) is 0 Å². The van der Waals surface area contributed by atoms with Gasteiger partial charge >= 0.3 is 59.4 Å². The van der Waals surface area contributed by atoms with Crippen LogP contribution in [0.3, 0.4) is 0 Å². The molecule has 1 aromatic rings. The van der Waals surface area contributed by atoms with Crippen molar-refractivity contribution in [3.05, 3.63) is 30.1 Å². The Labute approximate surface area is 59.9 Å². The summed E-state index contributed by atoms with van der Waals surface area (Å²) in [5.74, 6) is -0.173. The van der Waals surface area contributed by atoms with Crippen molar-refractivity contribution >= 4 is 25.0 Å². The van der Waals surface area contributed by atoms with E-state index in [1.54, 1.807) is 12.1 Å². The second-order valence-electron chi connectivity index (χ2n) is 1.63. The first-order valence-corrected chi connectivity index (χ1v) is 4.82. The SMILES string of the molecule is C=[As]c1ccc(F)cc1. The summed E-state index contributed by atoms with van der Waals surface area (Å²) in [6.45, 7) is 0. The molecule has 0 fully saturated rings. The van der Waals surface area contributed by atoms with Crippen molar-refractivity contribution in [2.45, 2.75) is 0 Å². The molecule has 0 saturated carbocycles. The van der Waals surface area contributed by atoms with Gasteiger partial charge in [0.15, 0.2) is 0 Å². The van der Waals surface area contributed by atoms with E-state index >= 15 is 0 Å². The molecule has 0 heterocycles. The van der Waals surface area contributed by atoms with Crippen LogP contribution in [0.1, 0.15) is 0 Å². The van der Waals surface area contributed by atoms with Gasteiger partial charge in [-0.15, -0.1) is 0 Å². The van der Waals surface area contributed by atoms with Crippen LogP contribution in [0, 0.1) is 5.82 Å². The molecule has 0 nitrogen and oxygen atoms in total. The Morgan fingerprint density at radius 2 is 1.78 bits per heavy atom. The van der Waals surface area contributed by atoms with Gasteiger partial charge in [-0.3, -0.25) is 0 Å². The number of hydrogen-bond acceptors (Lipinski definition) is 0. The van der Waals surface area contributed by atoms with Crippen molar-refractivity contribution in [1.29, 1.82) is 0 Å². The predicted molar refractivity (Wildman–Crippen MR) is 38.9 cm³/mol. The van der Waals surface area contributed by atoms with Crippen molar-refractivity contribution in [2.24, 2.45) is 0 Å². The van der Waals surface area contributed by atoms with Gasteiger partial charge in [-0.25, -0.2) is 0 Å². The Bertz CT molecular complexity index is 203. The summed E-state index contributed by atoms with van der Waals surface area (Å²) < 4.78 is 13.4. The van der Waals surface area contributed by atoms with Crippen molar-refractivity contribution in [1.82, 2.24) is 0 Å². The monoisotopic (exact) mass is 184 g/mol. The standard InChI is InChI=1S/C7H6AsF/c1-8-6-2-4-7(9)5-3-6/h2-5H,1H2. The van der Waals surface area contributed by atoms with E-state index in [0.717, 1.165) is 4.35 Å². The van der Waals surface area contributed by atoms with Crippen molar-refractivity contribution < 1.29 is 4.39 Å². The summed E-state index contributed by atoms with van der Waals surface area (Å²) in [7, 11) is 0. The van der Waals surface area contributed by atoms with Crippen LogP contribution in [0.25, 0.3) is 0 Å². The summed E-state index contributed by atoms with van der Waals surface area (Å²) >= 11 is 0.00437. The average molecular weight is 184 g/mol. The number of hydrogen-bond donors (Lipinski definition) is 0. The Hall–Kier alpha value is -0.422. The van der Waals surface area contributed by atoms with Crippen molar-refractivity contribution in [2.75, 3.05) is 0 Å². The average Bonchev–Trinajstić information content (AvgIpc) is 1.90. The Kier molecular flexibility index (Phi) is 2.18. The third-order valence-electron chi connectivity index (χ3n) is 1.01. The third-order valence-corrected chi connectivity index (χ3v) is 2.40. The van der Waals surface area contributed by atoms with E-state index < -0.39 is 0 Å². The van der Waals surface area contributed by atoms with Crippen LogP contribution in [-0.4, -0.2) is 20.6 Å². The van der Waals surface area contributed by atoms with Gasteiger partial charge in [0.2, 0.25) is 0 Å². The molecule has 0 aromatic heterocycles. The summed E-state index contributed by atoms with van der Waals surface area (Å²) in [6.07, 6.45) is 0. The number of benzene rings is 1. The molecule has 0 aliphatic carbocycles. The van der Waals surface area contributed by atoms with Gasteiger partial charge in [0, 0.05) is 0 Å². The Morgan fingerprint density at radius 3 is 2.22 bits per heavy atom. The molecule has 0 bridgehead atoms. The van der Waals surface area contributed by atoms with Crippen LogP contribution < -0.4 is 4.35 Å². The first-order valence-electron chi connectivity index (χ1n) is 2.55. The second kappa shape index (κ2) is 2.93. The quantitative estimate of drug-likeness (QED) is 0.560. The minimum atomic E-state index is -0.173. The third kappa shape index (κ3) is 1.76. The zero-order chi connectivity index (χ0) is 6.69. The van der Waals surface area contributed by atoms with E-state index in [1.165, 1.54) is 12.1 Å². The van der Waals surface area contributed by atoms with Gasteiger partial charge in [-0.2, -0.15) is 0 Å². The first kappa shape index (κ1) is 6.70. The van der Waals surface area contributed by atoms with Crippen LogP contribution >= 0.6 is 0 Å². The molecule has 46 valence electrons. The Balaban J connectivity index is 3.01. The van der Waals surface area contributed by atoms with Crippen molar-refractivity contribution in [3.63, 3.8) is 0 Å². The number of rotatable bonds is 1. The molecule has 1 aromatic carbocycles. The van der Waals surface area contributed by atoms with Crippen LogP contribution in [0.15, 0.2) is 24.3 Å². The molecule has 9 heavy (non-hydrogen) atoms. The van der Waals surface area contributed by atoms with Gasteiger partial charge in [0.25, 0.3) is 0 Å². The van der Waals surface area contributed by atoms with Gasteiger partial charge < -0.3 is 0 Å². The van der Waals surface area contributed by atoms with E-state index in [-0.39, 0.29) is 21.1 Å². The van der Waals surface area contributed by atoms with Crippen LogP contribution in [0.5, 0.6) is 0 Å². The Morgan fingerprint density at radius 1 is 1.22 bits per heavy atom. The fourth-order valence-corrected chi connectivity index (χ4v) is 1.30. The summed E-state index contributed by atoms with van der Waals surface area (Å²) in [6, 6.07) is 6.50. The molecular weight excluding hydrogens is 178 g/mol. The molecule has 0 radical (unpaired) electrons. The molecule has 0 atom stereocenters. The minimum absolute atomic E-state index is 0.00437. The normalized spacial score (nSPS) is 9.89. The molecule has 2 heteroatoms. The van der Waals surface area contributed by atoms with Crippen LogP contribution in [0.2, 0.25) is 0 Å². The zero-order valence-corrected chi connectivity index (χ0v) is 6.72. The van der Waals surface area contributed by atoms with Crippen LogP contribution in [-0.2, 0) is 0 Å². The summed E-state index contributed by atoms with van der Waals surface area (Å²) in [4.78, 5) is 0. The molecule has 0 aliphatic heterocycles. The second-order valence-corrected chi connectivity index (χ2v) is 3.38. The van der Waals surface area contributed by atoms with Gasteiger partial charge in [0.1, 0.15) is 0 Å². The predicted octanol–water partition coefficient (Wildman–Crippen LogP) is 0.587. The van der Waals surface area contributed by atoms with Crippen molar-refractivity contribution in [3.8, 4) is 0 Å². The van der Waals surface area contributed by atoms with Crippen LogP contribution in [0.4, 0.5) is 4.39 Å². The van der Waals surface area contributed by atoms with Gasteiger partial charge in [0.05, 0.1) is 0 Å². The zero-order valence-electron chi connectivity index (χ0n) is 4.84. The fraction of sp³-hybridized carbons (Fsp3) is 0. The van der Waals surface area contributed by atoms with E-state index in [0.29, 0.717) is 0 Å². The molecule has 0 aliphatic rings. The summed E-state index contributed by atoms with van der Waals surface area (Å²) in [5.41, 5.74) is 0. The topological polar surface area (TPSA) is 0 Å². The fourth-order valence-electron chi connectivity index (χ4n) is 0.547. The maximum atomic E-state index is 12.2. The first-order chi connectivity index (χ1) is 4.33. The summed E-state index contributed by atoms with van der Waals surface area (Å²) in [5, 5.41) is 3.76. The van der Waals surface area contributed by atoms with Gasteiger partial charge in [-0.05, 0) is 0 Å². The van der Waals surface area contributed by atoms with E-state index in [1.807, 2.05) is 0 Å². The molecule has 0 N–H and O–H groups in total. The molecule has 0 unspecified atom stereocenters. The molecule has 0 amide bonds. The molecular formula is C7H6AsF.